The minimum Gasteiger partial charge on any atom is -0.396 e. The van der Waals surface area contributed by atoms with Crippen LogP contribution in [0.4, 0.5) is 0 Å². The summed E-state index contributed by atoms with van der Waals surface area (Å²) in [4.78, 5) is 138. The Hall–Kier alpha value is -7.50. The Morgan fingerprint density at radius 2 is 0.988 bits per heavy atom. The molecule has 0 bridgehead atoms. The number of aliphatic hydroxyl groups excluding tert-OH is 2. The number of amides is 8. The van der Waals surface area contributed by atoms with Gasteiger partial charge in [-0.3, -0.25) is 47.9 Å². The summed E-state index contributed by atoms with van der Waals surface area (Å²) in [5.74, 6) is 6.33. The van der Waals surface area contributed by atoms with E-state index in [4.69, 9.17) is 0 Å². The highest BCUT2D eigenvalue weighted by Crippen LogP contribution is 2.36. The third-order valence-electron chi connectivity index (χ3n) is 16.6. The van der Waals surface area contributed by atoms with Gasteiger partial charge in [-0.15, -0.1) is 0 Å². The van der Waals surface area contributed by atoms with E-state index in [2.05, 4.69) is 66.2 Å². The first-order chi connectivity index (χ1) is 40.5. The highest BCUT2D eigenvalue weighted by atomic mass is 16.3. The van der Waals surface area contributed by atoms with Gasteiger partial charge in [0, 0.05) is 88.7 Å². The lowest BCUT2D eigenvalue weighted by Gasteiger charge is -2.33. The molecular formula is C62H84N10O12. The van der Waals surface area contributed by atoms with Crippen LogP contribution in [0.1, 0.15) is 140 Å². The Kier molecular flexibility index (Phi) is 25.9. The smallest absolute Gasteiger partial charge is 0.247 e. The second-order valence-electron chi connectivity index (χ2n) is 22.2. The number of carbonyl (C=O) groups excluding carboxylic acids is 10. The highest BCUT2D eigenvalue weighted by Gasteiger charge is 2.50. The fourth-order valence-corrected chi connectivity index (χ4v) is 11.4. The van der Waals surface area contributed by atoms with Crippen molar-refractivity contribution in [3.8, 4) is 23.7 Å². The fraction of sp³-hybridized carbons (Fsp3) is 0.581. The number of fused-ring (bicyclic) bond motifs is 2. The van der Waals surface area contributed by atoms with Crippen LogP contribution in [0.25, 0.3) is 0 Å². The number of aliphatic hydroxyl groups is 2. The summed E-state index contributed by atoms with van der Waals surface area (Å²) in [6.07, 6.45) is 5.58. The van der Waals surface area contributed by atoms with Crippen molar-refractivity contribution in [2.75, 3.05) is 40.4 Å². The number of hydrogen-bond acceptors (Lipinski definition) is 14. The van der Waals surface area contributed by atoms with Crippen LogP contribution in [0.2, 0.25) is 0 Å². The Morgan fingerprint density at radius 3 is 1.48 bits per heavy atom. The number of nitrogens with zero attached hydrogens (tertiary/aromatic N) is 2. The zero-order chi connectivity index (χ0) is 60.7. The van der Waals surface area contributed by atoms with E-state index >= 15 is 0 Å². The van der Waals surface area contributed by atoms with E-state index in [1.165, 1.54) is 9.80 Å². The SMILES string of the molecule is CN[C@@H](C)C(=O)N[C@@H]1C(=O)N2[C@@H](CC[C@@H]1CO)CC[C@H]2C(=O)N[C@H](C(=O)CCCNC(=O)CCC#CC#CCCC(=O)CCCNC(=O)[C@@H](NC(=O)[C@@H]1CC[C@@H]2CC[C@H](CO)[C@H](NC(=O)[C@H](C)NC)C(=O)N21)c1ccccc1)c1ccccc1. The highest BCUT2D eigenvalue weighted by molar-refractivity contribution is 5.98. The Labute approximate surface area is 492 Å². The van der Waals surface area contributed by atoms with Crippen LogP contribution in [0.3, 0.4) is 0 Å². The molecule has 0 aromatic heterocycles. The van der Waals surface area contributed by atoms with Crippen molar-refractivity contribution in [3.63, 3.8) is 0 Å². The first-order valence-corrected chi connectivity index (χ1v) is 29.6. The second-order valence-corrected chi connectivity index (χ2v) is 22.2. The van der Waals surface area contributed by atoms with E-state index in [0.29, 0.717) is 75.3 Å². The summed E-state index contributed by atoms with van der Waals surface area (Å²) in [5.41, 5.74) is 1.10. The van der Waals surface area contributed by atoms with Crippen molar-refractivity contribution in [3.05, 3.63) is 71.8 Å². The molecule has 4 aliphatic heterocycles. The summed E-state index contributed by atoms with van der Waals surface area (Å²) in [6.45, 7) is 3.07. The predicted octanol–water partition coefficient (Wildman–Crippen LogP) is 0.909. The average Bonchev–Trinajstić information content (AvgIpc) is 4.18. The summed E-state index contributed by atoms with van der Waals surface area (Å²) in [6, 6.07) is 9.92. The van der Waals surface area contributed by atoms with Gasteiger partial charge in [0.2, 0.25) is 47.3 Å². The van der Waals surface area contributed by atoms with E-state index in [0.717, 1.165) is 0 Å². The number of Topliss-reactive ketones (excluding diaryl/α,β-unsaturated/α-hetero) is 2. The fourth-order valence-electron chi connectivity index (χ4n) is 11.4. The molecule has 10 N–H and O–H groups in total. The lowest BCUT2D eigenvalue weighted by molar-refractivity contribution is -0.144. The molecule has 4 aliphatic rings. The molecule has 4 saturated heterocycles. The van der Waals surface area contributed by atoms with Crippen LogP contribution in [0, 0.1) is 35.5 Å². The molecule has 22 heteroatoms. The summed E-state index contributed by atoms with van der Waals surface area (Å²) in [5, 5.41) is 43.1. The predicted molar refractivity (Wildman–Crippen MR) is 311 cm³/mol. The van der Waals surface area contributed by atoms with E-state index in [1.807, 2.05) is 0 Å². The Morgan fingerprint density at radius 1 is 0.548 bits per heavy atom. The molecule has 0 saturated carbocycles. The molecule has 0 unspecified atom stereocenters. The molecule has 8 amide bonds. The zero-order valence-corrected chi connectivity index (χ0v) is 48.7. The molecule has 2 aromatic rings. The maximum atomic E-state index is 14.1. The number of nitrogens with one attached hydrogen (secondary N) is 8. The van der Waals surface area contributed by atoms with Crippen LogP contribution in [0.5, 0.6) is 0 Å². The number of likely N-dealkylation sites (N-methyl/N-ethyl adjacent to an activating group) is 2. The van der Waals surface area contributed by atoms with Crippen molar-refractivity contribution >= 4 is 58.8 Å². The van der Waals surface area contributed by atoms with Crippen molar-refractivity contribution < 1.29 is 58.2 Å². The van der Waals surface area contributed by atoms with Gasteiger partial charge in [-0.05, 0) is 115 Å². The molecule has 6 rings (SSSR count). The van der Waals surface area contributed by atoms with Crippen molar-refractivity contribution in [1.82, 2.24) is 52.3 Å². The van der Waals surface area contributed by atoms with Gasteiger partial charge in [-0.1, -0.05) is 72.5 Å². The average molecular weight is 1160 g/mol. The second kappa shape index (κ2) is 33.1. The van der Waals surface area contributed by atoms with E-state index in [1.54, 1.807) is 88.6 Å². The molecule has 0 aliphatic carbocycles. The van der Waals surface area contributed by atoms with E-state index in [-0.39, 0.29) is 94.4 Å². The van der Waals surface area contributed by atoms with Crippen LogP contribution >= 0.6 is 0 Å². The topological polar surface area (TPSA) is 314 Å². The molecular weight excluding hydrogens is 1080 g/mol. The monoisotopic (exact) mass is 1160 g/mol. The largest absolute Gasteiger partial charge is 0.396 e. The third kappa shape index (κ3) is 18.0. The molecule has 0 spiro atoms. The summed E-state index contributed by atoms with van der Waals surface area (Å²) in [7, 11) is 3.25. The molecule has 454 valence electrons. The molecule has 4 heterocycles. The van der Waals surface area contributed by atoms with Gasteiger partial charge >= 0.3 is 0 Å². The minimum atomic E-state index is -1.09. The first-order valence-electron chi connectivity index (χ1n) is 29.6. The number of benzene rings is 2. The maximum Gasteiger partial charge on any atom is 0.247 e. The summed E-state index contributed by atoms with van der Waals surface area (Å²) < 4.78 is 0. The normalized spacial score (nSPS) is 23.2. The number of carbonyl (C=O) groups is 10. The van der Waals surface area contributed by atoms with Gasteiger partial charge in [0.15, 0.2) is 5.78 Å². The zero-order valence-electron chi connectivity index (χ0n) is 48.7. The maximum absolute atomic E-state index is 14.1. The first kappa shape index (κ1) is 65.7. The lowest BCUT2D eigenvalue weighted by atomic mass is 9.94. The van der Waals surface area contributed by atoms with Gasteiger partial charge in [-0.25, -0.2) is 0 Å². The molecule has 2 aromatic carbocycles. The molecule has 4 fully saturated rings. The van der Waals surface area contributed by atoms with Crippen molar-refractivity contribution in [2.24, 2.45) is 11.8 Å². The van der Waals surface area contributed by atoms with Crippen LogP contribution in [-0.4, -0.2) is 168 Å². The van der Waals surface area contributed by atoms with Crippen LogP contribution in [0.15, 0.2) is 60.7 Å². The third-order valence-corrected chi connectivity index (χ3v) is 16.6. The van der Waals surface area contributed by atoms with E-state index < -0.39 is 102 Å². The Balaban J connectivity index is 0.887. The number of ketones is 2. The lowest BCUT2D eigenvalue weighted by Crippen LogP contribution is -2.58. The van der Waals surface area contributed by atoms with Crippen molar-refractivity contribution in [1.29, 1.82) is 0 Å². The van der Waals surface area contributed by atoms with E-state index in [9.17, 15) is 58.2 Å². The van der Waals surface area contributed by atoms with Gasteiger partial charge in [0.1, 0.15) is 42.0 Å². The molecule has 0 radical (unpaired) electrons. The van der Waals surface area contributed by atoms with Crippen LogP contribution < -0.4 is 42.5 Å². The van der Waals surface area contributed by atoms with Gasteiger partial charge in [0.25, 0.3) is 0 Å². The molecule has 84 heavy (non-hydrogen) atoms. The van der Waals surface area contributed by atoms with Gasteiger partial charge < -0.3 is 62.5 Å². The minimum absolute atomic E-state index is 0.0423. The quantitative estimate of drug-likeness (QED) is 0.0419. The van der Waals surface area contributed by atoms with Crippen molar-refractivity contribution in [2.45, 2.75) is 177 Å². The standard InChI is InChI=1S/C62H84N10O12/c1-39(63-3)56(78)69-54-43(37-73)27-29-45-31-33-48(71(45)61(54)83)58(80)67-52(41-19-11-9-12-20-41)50(76)25-18-35-65-51(77)26-16-8-6-5-7-15-23-47(75)24-17-36-66-60(82)53(42-21-13-10-14-22-42)68-59(81)49-34-32-46-30-28-44(38-74)55(62(84)72(46)49)70-57(79)40(2)64-4/h9-14,19-22,39-40,43-46,48-49,52-55,63-64,73-74H,15-18,23-38H2,1-4H3,(H,65,77)(H,66,82)(H,67,80)(H,68,81)(H,69,78)(H,70,79)/t39-,40-,43+,44+,45-,46-,48-,49-,52-,53-,54-,55-/m0/s1. The van der Waals surface area contributed by atoms with Gasteiger partial charge in [-0.2, -0.15) is 0 Å². The summed E-state index contributed by atoms with van der Waals surface area (Å²) >= 11 is 0. The molecule has 12 atom stereocenters. The number of hydrogen-bond donors (Lipinski definition) is 10. The van der Waals surface area contributed by atoms with Gasteiger partial charge in [0.05, 0.1) is 12.1 Å². The van der Waals surface area contributed by atoms with Crippen LogP contribution in [-0.2, 0) is 47.9 Å². The molecule has 22 nitrogen and oxygen atoms in total. The number of rotatable bonds is 28. The Bertz CT molecular complexity index is 2580.